The molecule has 5 nitrogen and oxygen atoms in total. The Balaban J connectivity index is 1.75. The second kappa shape index (κ2) is 7.12. The van der Waals surface area contributed by atoms with Gasteiger partial charge in [-0.15, -0.1) is 0 Å². The number of piperazine rings is 1. The van der Waals surface area contributed by atoms with Crippen molar-refractivity contribution in [2.45, 2.75) is 6.42 Å². The van der Waals surface area contributed by atoms with Crippen LogP contribution in [0, 0.1) is 11.6 Å². The van der Waals surface area contributed by atoms with E-state index in [1.54, 1.807) is 4.90 Å². The molecule has 1 heterocycles. The smallest absolute Gasteiger partial charge is 0.225 e. The van der Waals surface area contributed by atoms with Gasteiger partial charge in [-0.2, -0.15) is 0 Å². The zero-order valence-corrected chi connectivity index (χ0v) is 11.5. The zero-order chi connectivity index (χ0) is 15.2. The maximum Gasteiger partial charge on any atom is 0.225 e. The van der Waals surface area contributed by atoms with Crippen molar-refractivity contribution >= 4 is 18.0 Å². The van der Waals surface area contributed by atoms with Crippen LogP contribution >= 0.6 is 0 Å². The molecule has 0 saturated carbocycles. The van der Waals surface area contributed by atoms with Gasteiger partial charge in [0, 0.05) is 50.9 Å². The van der Waals surface area contributed by atoms with Crippen molar-refractivity contribution in [3.63, 3.8) is 0 Å². The Morgan fingerprint density at radius 2 is 1.90 bits per heavy atom. The third-order valence-corrected chi connectivity index (χ3v) is 3.41. The monoisotopic (exact) mass is 297 g/mol. The van der Waals surface area contributed by atoms with Gasteiger partial charge in [-0.1, -0.05) is 0 Å². The summed E-state index contributed by atoms with van der Waals surface area (Å²) in [6, 6.07) is 3.25. The molecule has 1 fully saturated rings. The van der Waals surface area contributed by atoms with Gasteiger partial charge in [-0.3, -0.25) is 14.5 Å². The van der Waals surface area contributed by atoms with Crippen LogP contribution in [0.15, 0.2) is 18.2 Å². The zero-order valence-electron chi connectivity index (χ0n) is 11.5. The first kappa shape index (κ1) is 15.4. The first-order valence-corrected chi connectivity index (χ1v) is 6.75. The molecule has 1 N–H and O–H groups in total. The van der Waals surface area contributed by atoms with Crippen molar-refractivity contribution in [3.8, 4) is 0 Å². The second-order valence-electron chi connectivity index (χ2n) is 4.91. The second-order valence-corrected chi connectivity index (χ2v) is 4.91. The molecule has 0 atom stereocenters. The fourth-order valence-corrected chi connectivity index (χ4v) is 2.15. The molecule has 114 valence electrons. The summed E-state index contributed by atoms with van der Waals surface area (Å²) in [7, 11) is 0. The fraction of sp³-hybridized carbons (Fsp3) is 0.429. The number of anilines is 1. The molecule has 0 radical (unpaired) electrons. The summed E-state index contributed by atoms with van der Waals surface area (Å²) in [5, 5.41) is 2.53. The minimum absolute atomic E-state index is 0.240. The number of amides is 2. The highest BCUT2D eigenvalue weighted by Crippen LogP contribution is 2.13. The largest absolute Gasteiger partial charge is 0.343 e. The quantitative estimate of drug-likeness (QED) is 0.827. The number of nitrogens with zero attached hydrogens (tertiary/aromatic N) is 2. The first-order valence-electron chi connectivity index (χ1n) is 6.75. The first-order chi connectivity index (χ1) is 10.1. The maximum atomic E-state index is 13.0. The highest BCUT2D eigenvalue weighted by molar-refractivity contribution is 5.90. The summed E-state index contributed by atoms with van der Waals surface area (Å²) in [5.74, 6) is -2.18. The van der Waals surface area contributed by atoms with Crippen LogP contribution in [0.25, 0.3) is 0 Å². The van der Waals surface area contributed by atoms with E-state index in [0.717, 1.165) is 31.6 Å². The van der Waals surface area contributed by atoms with Crippen LogP contribution in [0.2, 0.25) is 0 Å². The number of carbonyl (C=O) groups is 2. The molecule has 1 aliphatic heterocycles. The molecule has 2 amide bonds. The molecule has 0 aliphatic carbocycles. The topological polar surface area (TPSA) is 52.7 Å². The van der Waals surface area contributed by atoms with Crippen LogP contribution in [-0.4, -0.2) is 54.8 Å². The lowest BCUT2D eigenvalue weighted by molar-refractivity contribution is -0.120. The standard InChI is InChI=1S/C14H17F2N3O2/c15-12-2-1-11(9-13(12)16)17-14(21)3-4-18-5-7-19(10-20)8-6-18/h1-2,9-10H,3-8H2,(H,17,21). The minimum atomic E-state index is -0.988. The van der Waals surface area contributed by atoms with Crippen molar-refractivity contribution in [3.05, 3.63) is 29.8 Å². The Morgan fingerprint density at radius 1 is 1.19 bits per heavy atom. The van der Waals surface area contributed by atoms with Gasteiger partial charge >= 0.3 is 0 Å². The summed E-state index contributed by atoms with van der Waals surface area (Å²) < 4.78 is 25.8. The van der Waals surface area contributed by atoms with E-state index in [1.165, 1.54) is 6.07 Å². The molecular formula is C14H17F2N3O2. The van der Waals surface area contributed by atoms with Gasteiger partial charge in [0.2, 0.25) is 12.3 Å². The van der Waals surface area contributed by atoms with Gasteiger partial charge in [-0.05, 0) is 12.1 Å². The van der Waals surface area contributed by atoms with Crippen LogP contribution in [0.1, 0.15) is 6.42 Å². The summed E-state index contributed by atoms with van der Waals surface area (Å²) in [6.07, 6.45) is 1.09. The average Bonchev–Trinajstić information content (AvgIpc) is 2.49. The molecule has 1 saturated heterocycles. The lowest BCUT2D eigenvalue weighted by atomic mass is 10.2. The summed E-state index contributed by atoms with van der Waals surface area (Å²) >= 11 is 0. The predicted octanol–water partition coefficient (Wildman–Crippen LogP) is 1.07. The number of nitrogens with one attached hydrogen (secondary N) is 1. The molecule has 0 aromatic heterocycles. The van der Waals surface area contributed by atoms with Crippen LogP contribution in [0.5, 0.6) is 0 Å². The summed E-state index contributed by atoms with van der Waals surface area (Å²) in [6.45, 7) is 3.36. The lowest BCUT2D eigenvalue weighted by Crippen LogP contribution is -2.46. The number of halogens is 2. The molecule has 1 aromatic carbocycles. The summed E-state index contributed by atoms with van der Waals surface area (Å²) in [4.78, 5) is 26.1. The number of hydrogen-bond acceptors (Lipinski definition) is 3. The van der Waals surface area contributed by atoms with E-state index >= 15 is 0 Å². The van der Waals surface area contributed by atoms with Gasteiger partial charge in [0.15, 0.2) is 11.6 Å². The molecule has 0 unspecified atom stereocenters. The van der Waals surface area contributed by atoms with Crippen LogP contribution in [0.3, 0.4) is 0 Å². The lowest BCUT2D eigenvalue weighted by Gasteiger charge is -2.32. The Labute approximate surface area is 121 Å². The molecule has 1 aliphatic rings. The highest BCUT2D eigenvalue weighted by atomic mass is 19.2. The molecule has 0 bridgehead atoms. The van der Waals surface area contributed by atoms with Crippen LogP contribution < -0.4 is 5.32 Å². The maximum absolute atomic E-state index is 13.0. The Bertz CT molecular complexity index is 517. The normalized spacial score (nSPS) is 15.8. The van der Waals surface area contributed by atoms with E-state index in [-0.39, 0.29) is 18.0 Å². The van der Waals surface area contributed by atoms with Crippen molar-refractivity contribution in [2.75, 3.05) is 38.0 Å². The molecule has 7 heteroatoms. The van der Waals surface area contributed by atoms with E-state index in [2.05, 4.69) is 10.2 Å². The Hall–Kier alpha value is -2.02. The van der Waals surface area contributed by atoms with Gasteiger partial charge in [0.25, 0.3) is 0 Å². The van der Waals surface area contributed by atoms with Gasteiger partial charge < -0.3 is 10.2 Å². The average molecular weight is 297 g/mol. The molecule has 1 aromatic rings. The third kappa shape index (κ3) is 4.49. The minimum Gasteiger partial charge on any atom is -0.343 e. The number of hydrogen-bond donors (Lipinski definition) is 1. The van der Waals surface area contributed by atoms with Crippen molar-refractivity contribution in [2.24, 2.45) is 0 Å². The highest BCUT2D eigenvalue weighted by Gasteiger charge is 2.16. The number of carbonyl (C=O) groups excluding carboxylic acids is 2. The van der Waals surface area contributed by atoms with Gasteiger partial charge in [0.1, 0.15) is 0 Å². The number of rotatable bonds is 5. The van der Waals surface area contributed by atoms with Crippen LogP contribution in [-0.2, 0) is 9.59 Å². The molecule has 21 heavy (non-hydrogen) atoms. The summed E-state index contributed by atoms with van der Waals surface area (Å²) in [5.41, 5.74) is 0.240. The van der Waals surface area contributed by atoms with E-state index in [4.69, 9.17) is 0 Å². The van der Waals surface area contributed by atoms with Crippen molar-refractivity contribution in [1.29, 1.82) is 0 Å². The van der Waals surface area contributed by atoms with E-state index in [9.17, 15) is 18.4 Å². The predicted molar refractivity (Wildman–Crippen MR) is 73.7 cm³/mol. The van der Waals surface area contributed by atoms with Gasteiger partial charge in [0.05, 0.1) is 0 Å². The Morgan fingerprint density at radius 3 is 2.52 bits per heavy atom. The number of benzene rings is 1. The third-order valence-electron chi connectivity index (χ3n) is 3.41. The van der Waals surface area contributed by atoms with Crippen molar-refractivity contribution < 1.29 is 18.4 Å². The van der Waals surface area contributed by atoms with E-state index in [1.807, 2.05) is 0 Å². The fourth-order valence-electron chi connectivity index (χ4n) is 2.15. The van der Waals surface area contributed by atoms with Gasteiger partial charge in [-0.25, -0.2) is 8.78 Å². The SMILES string of the molecule is O=CN1CCN(CCC(=O)Nc2ccc(F)c(F)c2)CC1. The molecular weight excluding hydrogens is 280 g/mol. The van der Waals surface area contributed by atoms with E-state index < -0.39 is 11.6 Å². The van der Waals surface area contributed by atoms with E-state index in [0.29, 0.717) is 19.6 Å². The van der Waals surface area contributed by atoms with Crippen molar-refractivity contribution in [1.82, 2.24) is 9.80 Å². The Kier molecular flexibility index (Phi) is 5.21. The molecule has 2 rings (SSSR count). The molecule has 0 spiro atoms. The van der Waals surface area contributed by atoms with Crippen LogP contribution in [0.4, 0.5) is 14.5 Å².